The van der Waals surface area contributed by atoms with Crippen molar-refractivity contribution in [1.29, 1.82) is 0 Å². The van der Waals surface area contributed by atoms with E-state index in [-0.39, 0.29) is 0 Å². The summed E-state index contributed by atoms with van der Waals surface area (Å²) in [6, 6.07) is 6.16. The number of guanidine groups is 1. The Kier molecular flexibility index (Phi) is 10.6. The second-order valence-corrected chi connectivity index (χ2v) is 5.45. The number of aliphatic imine (C=N–C) groups is 1. The number of ether oxygens (including phenoxy) is 3. The minimum absolute atomic E-state index is 0.590. The number of methoxy groups -OCH3 is 1. The Hall–Kier alpha value is -1.79. The summed E-state index contributed by atoms with van der Waals surface area (Å²) in [5, 5.41) is 6.50. The fourth-order valence-electron chi connectivity index (χ4n) is 2.20. The molecule has 0 atom stereocenters. The molecule has 0 spiro atoms. The van der Waals surface area contributed by atoms with Crippen molar-refractivity contribution >= 4 is 5.96 Å². The summed E-state index contributed by atoms with van der Waals surface area (Å²) < 4.78 is 16.2. The van der Waals surface area contributed by atoms with Crippen molar-refractivity contribution in [2.45, 2.75) is 20.3 Å². The Labute approximate surface area is 145 Å². The zero-order chi connectivity index (χ0) is 17.6. The molecule has 0 heterocycles. The second kappa shape index (κ2) is 12.6. The molecule has 1 aromatic carbocycles. The molecule has 2 N–H and O–H groups in total. The third-order valence-corrected chi connectivity index (χ3v) is 3.46. The summed E-state index contributed by atoms with van der Waals surface area (Å²) in [5.74, 6) is 1.74. The molecule has 0 fully saturated rings. The van der Waals surface area contributed by atoms with Gasteiger partial charge in [-0.25, -0.2) is 0 Å². The predicted molar refractivity (Wildman–Crippen MR) is 98.1 cm³/mol. The van der Waals surface area contributed by atoms with E-state index in [1.54, 1.807) is 14.2 Å². The number of hydrogen-bond acceptors (Lipinski definition) is 4. The molecule has 1 rings (SSSR count). The van der Waals surface area contributed by atoms with Crippen LogP contribution in [0.1, 0.15) is 17.5 Å². The molecule has 6 nitrogen and oxygen atoms in total. The zero-order valence-electron chi connectivity index (χ0n) is 15.4. The van der Waals surface area contributed by atoms with Crippen LogP contribution in [0.3, 0.4) is 0 Å². The molecule has 0 unspecified atom stereocenters. The van der Waals surface area contributed by atoms with Gasteiger partial charge in [-0.05, 0) is 31.4 Å². The van der Waals surface area contributed by atoms with Crippen LogP contribution in [0, 0.1) is 13.8 Å². The van der Waals surface area contributed by atoms with E-state index in [2.05, 4.69) is 41.6 Å². The monoisotopic (exact) mass is 337 g/mol. The number of nitrogens with one attached hydrogen (secondary N) is 2. The SMILES string of the molecule is CN=C(NCCCOCCOC)NCCOc1c(C)cccc1C. The van der Waals surface area contributed by atoms with E-state index in [1.165, 1.54) is 0 Å². The fraction of sp³-hybridized carbons (Fsp3) is 0.611. The quantitative estimate of drug-likeness (QED) is 0.367. The van der Waals surface area contributed by atoms with E-state index in [0.717, 1.165) is 35.8 Å². The smallest absolute Gasteiger partial charge is 0.191 e. The first-order chi connectivity index (χ1) is 11.7. The molecule has 0 aromatic heterocycles. The van der Waals surface area contributed by atoms with Gasteiger partial charge in [-0.3, -0.25) is 4.99 Å². The topological polar surface area (TPSA) is 64.1 Å². The van der Waals surface area contributed by atoms with Crippen LogP contribution in [-0.4, -0.2) is 59.6 Å². The maximum Gasteiger partial charge on any atom is 0.191 e. The van der Waals surface area contributed by atoms with Crippen LogP contribution in [0.4, 0.5) is 0 Å². The maximum absolute atomic E-state index is 5.87. The first kappa shape index (κ1) is 20.3. The van der Waals surface area contributed by atoms with E-state index in [4.69, 9.17) is 14.2 Å². The number of benzene rings is 1. The highest BCUT2D eigenvalue weighted by atomic mass is 16.5. The van der Waals surface area contributed by atoms with E-state index in [0.29, 0.717) is 33.0 Å². The van der Waals surface area contributed by atoms with E-state index in [9.17, 15) is 0 Å². The lowest BCUT2D eigenvalue weighted by Crippen LogP contribution is -2.40. The summed E-state index contributed by atoms with van der Waals surface area (Å²) in [6.45, 7) is 8.20. The Morgan fingerprint density at radius 2 is 1.71 bits per heavy atom. The average Bonchev–Trinajstić information content (AvgIpc) is 2.58. The van der Waals surface area contributed by atoms with Gasteiger partial charge in [0, 0.05) is 27.3 Å². The summed E-state index contributed by atoms with van der Waals surface area (Å²) in [4.78, 5) is 4.19. The molecule has 6 heteroatoms. The van der Waals surface area contributed by atoms with Gasteiger partial charge in [-0.15, -0.1) is 0 Å². The predicted octanol–water partition coefficient (Wildman–Crippen LogP) is 1.90. The Balaban J connectivity index is 2.14. The van der Waals surface area contributed by atoms with Gasteiger partial charge in [-0.2, -0.15) is 0 Å². The molecule has 0 amide bonds. The summed E-state index contributed by atoms with van der Waals surface area (Å²) in [5.41, 5.74) is 2.32. The highest BCUT2D eigenvalue weighted by molar-refractivity contribution is 5.79. The van der Waals surface area contributed by atoms with Crippen molar-refractivity contribution in [2.75, 3.05) is 53.7 Å². The standard InChI is InChI=1S/C18H31N3O3/c1-15-7-5-8-16(2)17(15)24-12-10-21-18(19-3)20-9-6-11-23-14-13-22-4/h5,7-8H,6,9-14H2,1-4H3,(H2,19,20,21). The van der Waals surface area contributed by atoms with Gasteiger partial charge in [0.1, 0.15) is 12.4 Å². The van der Waals surface area contributed by atoms with Gasteiger partial charge in [0.05, 0.1) is 19.8 Å². The maximum atomic E-state index is 5.87. The molecule has 0 aliphatic rings. The normalized spacial score (nSPS) is 11.4. The van der Waals surface area contributed by atoms with E-state index in [1.807, 2.05) is 6.07 Å². The largest absolute Gasteiger partial charge is 0.491 e. The van der Waals surface area contributed by atoms with Crippen LogP contribution in [0.15, 0.2) is 23.2 Å². The van der Waals surface area contributed by atoms with Crippen LogP contribution < -0.4 is 15.4 Å². The van der Waals surface area contributed by atoms with Gasteiger partial charge < -0.3 is 24.8 Å². The highest BCUT2D eigenvalue weighted by Gasteiger charge is 2.03. The summed E-state index contributed by atoms with van der Waals surface area (Å²) in [6.07, 6.45) is 0.920. The molecule has 0 radical (unpaired) electrons. The molecule has 0 aliphatic carbocycles. The van der Waals surface area contributed by atoms with E-state index >= 15 is 0 Å². The molecule has 24 heavy (non-hydrogen) atoms. The van der Waals surface area contributed by atoms with Gasteiger partial charge in [0.2, 0.25) is 0 Å². The van der Waals surface area contributed by atoms with E-state index < -0.39 is 0 Å². The van der Waals surface area contributed by atoms with Crippen LogP contribution in [0.5, 0.6) is 5.75 Å². The van der Waals surface area contributed by atoms with Crippen LogP contribution in [0.25, 0.3) is 0 Å². The lowest BCUT2D eigenvalue weighted by Gasteiger charge is -2.14. The van der Waals surface area contributed by atoms with Crippen molar-refractivity contribution in [2.24, 2.45) is 4.99 Å². The molecule has 0 saturated carbocycles. The minimum Gasteiger partial charge on any atom is -0.491 e. The van der Waals surface area contributed by atoms with Gasteiger partial charge in [-0.1, -0.05) is 18.2 Å². The number of nitrogens with zero attached hydrogens (tertiary/aromatic N) is 1. The van der Waals surface area contributed by atoms with Gasteiger partial charge >= 0.3 is 0 Å². The zero-order valence-corrected chi connectivity index (χ0v) is 15.4. The average molecular weight is 337 g/mol. The van der Waals surface area contributed by atoms with Gasteiger partial charge in [0.25, 0.3) is 0 Å². The highest BCUT2D eigenvalue weighted by Crippen LogP contribution is 2.21. The molecule has 136 valence electrons. The molecule has 1 aromatic rings. The first-order valence-corrected chi connectivity index (χ1v) is 8.39. The van der Waals surface area contributed by atoms with Crippen LogP contribution in [-0.2, 0) is 9.47 Å². The van der Waals surface area contributed by atoms with Crippen molar-refractivity contribution in [1.82, 2.24) is 10.6 Å². The number of hydrogen-bond donors (Lipinski definition) is 2. The first-order valence-electron chi connectivity index (χ1n) is 8.39. The van der Waals surface area contributed by atoms with Crippen molar-refractivity contribution < 1.29 is 14.2 Å². The molecule has 0 bridgehead atoms. The van der Waals surface area contributed by atoms with Crippen LogP contribution >= 0.6 is 0 Å². The third-order valence-electron chi connectivity index (χ3n) is 3.46. The van der Waals surface area contributed by atoms with Crippen LogP contribution in [0.2, 0.25) is 0 Å². The van der Waals surface area contributed by atoms with Crippen molar-refractivity contribution in [3.63, 3.8) is 0 Å². The number of aryl methyl sites for hydroxylation is 2. The van der Waals surface area contributed by atoms with Gasteiger partial charge in [0.15, 0.2) is 5.96 Å². The Morgan fingerprint density at radius 3 is 2.38 bits per heavy atom. The molecule has 0 aliphatic heterocycles. The summed E-state index contributed by atoms with van der Waals surface area (Å²) >= 11 is 0. The van der Waals surface area contributed by atoms with Crippen molar-refractivity contribution in [3.05, 3.63) is 29.3 Å². The number of para-hydroxylation sites is 1. The fourth-order valence-corrected chi connectivity index (χ4v) is 2.20. The molecular weight excluding hydrogens is 306 g/mol. The Bertz CT molecular complexity index is 472. The number of rotatable bonds is 11. The summed E-state index contributed by atoms with van der Waals surface area (Å²) in [7, 11) is 3.43. The Morgan fingerprint density at radius 1 is 1.00 bits per heavy atom. The third kappa shape index (κ3) is 8.17. The second-order valence-electron chi connectivity index (χ2n) is 5.45. The lowest BCUT2D eigenvalue weighted by atomic mass is 10.1. The molecular formula is C18H31N3O3. The van der Waals surface area contributed by atoms with Crippen molar-refractivity contribution in [3.8, 4) is 5.75 Å². The molecule has 0 saturated heterocycles. The minimum atomic E-state index is 0.590. The lowest BCUT2D eigenvalue weighted by molar-refractivity contribution is 0.0698.